The zero-order chi connectivity index (χ0) is 17.7. The van der Waals surface area contributed by atoms with Gasteiger partial charge in [-0.25, -0.2) is 17.6 Å². The molecule has 0 saturated carbocycles. The van der Waals surface area contributed by atoms with Crippen LogP contribution in [0.2, 0.25) is 10.0 Å². The summed E-state index contributed by atoms with van der Waals surface area (Å²) in [5, 5.41) is -0.127. The van der Waals surface area contributed by atoms with E-state index in [1.165, 1.54) is 14.2 Å². The number of hydrogen-bond acceptors (Lipinski definition) is 2. The van der Waals surface area contributed by atoms with Crippen molar-refractivity contribution in [1.82, 2.24) is 0 Å². The molecule has 0 heterocycles. The molecule has 2 aromatic rings. The minimum Gasteiger partial charge on any atom is -0.492 e. The fourth-order valence-electron chi connectivity index (χ4n) is 1.46. The van der Waals surface area contributed by atoms with Crippen molar-refractivity contribution in [3.05, 3.63) is 55.1 Å². The Morgan fingerprint density at radius 2 is 1.35 bits per heavy atom. The number of methoxy groups -OCH3 is 2. The van der Waals surface area contributed by atoms with Crippen molar-refractivity contribution >= 4 is 45.8 Å². The second kappa shape index (κ2) is 8.79. The number of benzene rings is 2. The first-order chi connectivity index (χ1) is 10.7. The maximum absolute atomic E-state index is 13.1. The number of halogens is 7. The van der Waals surface area contributed by atoms with Gasteiger partial charge in [-0.2, -0.15) is 0 Å². The van der Waals surface area contributed by atoms with Crippen LogP contribution in [0.1, 0.15) is 0 Å². The molecule has 2 rings (SSSR count). The van der Waals surface area contributed by atoms with Crippen molar-refractivity contribution in [3.8, 4) is 11.5 Å². The van der Waals surface area contributed by atoms with E-state index in [-0.39, 0.29) is 25.1 Å². The van der Waals surface area contributed by atoms with Gasteiger partial charge in [0.1, 0.15) is 11.6 Å². The topological polar surface area (TPSA) is 18.5 Å². The Labute approximate surface area is 153 Å². The summed E-state index contributed by atoms with van der Waals surface area (Å²) in [6.07, 6.45) is 0. The minimum atomic E-state index is -0.794. The van der Waals surface area contributed by atoms with Gasteiger partial charge in [-0.1, -0.05) is 23.2 Å². The van der Waals surface area contributed by atoms with Gasteiger partial charge in [0.15, 0.2) is 23.1 Å². The Kier molecular flexibility index (Phi) is 7.69. The molecule has 0 aliphatic rings. The highest BCUT2D eigenvalue weighted by Crippen LogP contribution is 2.32. The quantitative estimate of drug-likeness (QED) is 0.231. The molecule has 0 atom stereocenters. The Hall–Kier alpha value is -0.930. The van der Waals surface area contributed by atoms with Gasteiger partial charge in [0.05, 0.1) is 27.8 Å². The van der Waals surface area contributed by atoms with Crippen molar-refractivity contribution in [2.24, 2.45) is 0 Å². The second-order valence-corrected chi connectivity index (χ2v) is 5.80. The summed E-state index contributed by atoms with van der Waals surface area (Å²) >= 11 is 12.5. The summed E-state index contributed by atoms with van der Waals surface area (Å²) in [5.74, 6) is -3.21. The lowest BCUT2D eigenvalue weighted by atomic mass is 10.3. The highest BCUT2D eigenvalue weighted by molar-refractivity contribution is 14.1. The summed E-state index contributed by atoms with van der Waals surface area (Å²) in [7, 11) is 2.54. The number of ether oxygens (including phenoxy) is 2. The van der Waals surface area contributed by atoms with E-state index in [2.05, 4.69) is 9.47 Å². The van der Waals surface area contributed by atoms with Gasteiger partial charge in [-0.15, -0.1) is 0 Å². The molecule has 0 amide bonds. The Morgan fingerprint density at radius 1 is 0.826 bits per heavy atom. The van der Waals surface area contributed by atoms with Crippen molar-refractivity contribution < 1.29 is 27.0 Å². The lowest BCUT2D eigenvalue weighted by molar-refractivity contribution is 0.382. The van der Waals surface area contributed by atoms with Crippen molar-refractivity contribution in [1.29, 1.82) is 0 Å². The first-order valence-corrected chi connectivity index (χ1v) is 7.61. The molecule has 0 aliphatic carbocycles. The van der Waals surface area contributed by atoms with E-state index in [4.69, 9.17) is 23.2 Å². The molecule has 126 valence electrons. The molecular weight excluding hydrogens is 474 g/mol. The van der Waals surface area contributed by atoms with E-state index >= 15 is 0 Å². The summed E-state index contributed by atoms with van der Waals surface area (Å²) < 4.78 is 59.9. The molecule has 0 unspecified atom stereocenters. The summed E-state index contributed by atoms with van der Waals surface area (Å²) in [4.78, 5) is 0. The molecular formula is C14H9Cl2F4IO2. The van der Waals surface area contributed by atoms with Crippen molar-refractivity contribution in [3.63, 3.8) is 0 Å². The average molecular weight is 483 g/mol. The molecule has 23 heavy (non-hydrogen) atoms. The van der Waals surface area contributed by atoms with E-state index in [0.29, 0.717) is 6.07 Å². The van der Waals surface area contributed by atoms with Crippen LogP contribution in [0.4, 0.5) is 17.6 Å². The third kappa shape index (κ3) is 5.02. The maximum atomic E-state index is 13.1. The van der Waals surface area contributed by atoms with Gasteiger partial charge in [0, 0.05) is 6.07 Å². The van der Waals surface area contributed by atoms with Gasteiger partial charge < -0.3 is 9.47 Å². The third-order valence-electron chi connectivity index (χ3n) is 2.44. The van der Waals surface area contributed by atoms with Crippen LogP contribution < -0.4 is 9.47 Å². The lowest BCUT2D eigenvalue weighted by Crippen LogP contribution is -1.95. The highest BCUT2D eigenvalue weighted by atomic mass is 127. The van der Waals surface area contributed by atoms with E-state index in [1.54, 1.807) is 22.6 Å². The predicted molar refractivity (Wildman–Crippen MR) is 88.6 cm³/mol. The first-order valence-electron chi connectivity index (χ1n) is 5.78. The summed E-state index contributed by atoms with van der Waals surface area (Å²) in [6.45, 7) is 0. The fourth-order valence-corrected chi connectivity index (χ4v) is 2.39. The Bertz CT molecular complexity index is 691. The molecule has 0 N–H and O–H groups in total. The molecule has 2 aromatic carbocycles. The van der Waals surface area contributed by atoms with Crippen LogP contribution in [-0.4, -0.2) is 14.2 Å². The fraction of sp³-hybridized carbons (Fsp3) is 0.143. The third-order valence-corrected chi connectivity index (χ3v) is 3.99. The SMILES string of the molecule is COc1c(Cl)cc(F)c(I)c1F.COc1c(F)cc(F)cc1Cl. The van der Waals surface area contributed by atoms with Gasteiger partial charge in [0.2, 0.25) is 0 Å². The molecule has 0 aromatic heterocycles. The maximum Gasteiger partial charge on any atom is 0.182 e. The lowest BCUT2D eigenvalue weighted by Gasteiger charge is -2.05. The molecule has 2 nitrogen and oxygen atoms in total. The zero-order valence-electron chi connectivity index (χ0n) is 11.7. The molecule has 0 bridgehead atoms. The highest BCUT2D eigenvalue weighted by Gasteiger charge is 2.15. The number of hydrogen-bond donors (Lipinski definition) is 0. The predicted octanol–water partition coefficient (Wildman–Crippen LogP) is 5.86. The van der Waals surface area contributed by atoms with Gasteiger partial charge in [-0.05, 0) is 34.7 Å². The van der Waals surface area contributed by atoms with E-state index in [1.807, 2.05) is 0 Å². The molecule has 9 heteroatoms. The van der Waals surface area contributed by atoms with Crippen LogP contribution in [0.5, 0.6) is 11.5 Å². The Morgan fingerprint density at radius 3 is 1.83 bits per heavy atom. The molecule has 0 saturated heterocycles. The standard InChI is InChI=1S/C7H4ClF2IO.C7H5ClF2O/c1-12-7-3(8)2-4(9)6(11)5(7)10;1-11-7-5(8)2-4(9)3-6(7)10/h2H,1H3;2-3H,1H3. The van der Waals surface area contributed by atoms with Crippen molar-refractivity contribution in [2.75, 3.05) is 14.2 Å². The van der Waals surface area contributed by atoms with Crippen LogP contribution in [0, 0.1) is 26.8 Å². The van der Waals surface area contributed by atoms with Gasteiger partial charge >= 0.3 is 0 Å². The molecule has 0 fully saturated rings. The van der Waals surface area contributed by atoms with Crippen LogP contribution in [-0.2, 0) is 0 Å². The van der Waals surface area contributed by atoms with Crippen LogP contribution >= 0.6 is 45.8 Å². The average Bonchev–Trinajstić information content (AvgIpc) is 2.45. The van der Waals surface area contributed by atoms with Gasteiger partial charge in [0.25, 0.3) is 0 Å². The molecule has 0 spiro atoms. The van der Waals surface area contributed by atoms with E-state index in [0.717, 1.165) is 12.1 Å². The van der Waals surface area contributed by atoms with Crippen LogP contribution in [0.3, 0.4) is 0 Å². The summed E-state index contributed by atoms with van der Waals surface area (Å²) in [5.41, 5.74) is 0. The molecule has 0 radical (unpaired) electrons. The summed E-state index contributed by atoms with van der Waals surface area (Å²) in [6, 6.07) is 2.72. The van der Waals surface area contributed by atoms with Crippen LogP contribution in [0.25, 0.3) is 0 Å². The molecule has 0 aliphatic heterocycles. The number of rotatable bonds is 2. The second-order valence-electron chi connectivity index (χ2n) is 3.90. The van der Waals surface area contributed by atoms with E-state index in [9.17, 15) is 17.6 Å². The zero-order valence-corrected chi connectivity index (χ0v) is 15.4. The monoisotopic (exact) mass is 482 g/mol. The van der Waals surface area contributed by atoms with Gasteiger partial charge in [-0.3, -0.25) is 0 Å². The Balaban J connectivity index is 0.000000231. The minimum absolute atomic E-state index is 0.0621. The normalized spacial score (nSPS) is 9.96. The van der Waals surface area contributed by atoms with Crippen LogP contribution in [0.15, 0.2) is 18.2 Å². The first kappa shape index (κ1) is 20.1. The van der Waals surface area contributed by atoms with Crippen molar-refractivity contribution in [2.45, 2.75) is 0 Å². The smallest absolute Gasteiger partial charge is 0.182 e. The van der Waals surface area contributed by atoms with E-state index < -0.39 is 23.3 Å². The largest absolute Gasteiger partial charge is 0.492 e.